The summed E-state index contributed by atoms with van der Waals surface area (Å²) >= 11 is 0. The van der Waals surface area contributed by atoms with Gasteiger partial charge in [-0.15, -0.1) is 0 Å². The number of hydrogen-bond acceptors (Lipinski definition) is 3. The SMILES string of the molecule is O=C(C1=NOC(c2ccccc2)C1)c1ccccc1. The predicted molar refractivity (Wildman–Crippen MR) is 73.1 cm³/mol. The van der Waals surface area contributed by atoms with Crippen molar-refractivity contribution in [3.8, 4) is 0 Å². The largest absolute Gasteiger partial charge is 0.387 e. The second kappa shape index (κ2) is 5.06. The average molecular weight is 251 g/mol. The fourth-order valence-electron chi connectivity index (χ4n) is 2.11. The van der Waals surface area contributed by atoms with Crippen LogP contribution in [0.1, 0.15) is 28.4 Å². The van der Waals surface area contributed by atoms with E-state index in [1.807, 2.05) is 48.5 Å². The lowest BCUT2D eigenvalue weighted by Crippen LogP contribution is -2.13. The van der Waals surface area contributed by atoms with Crippen LogP contribution in [0.5, 0.6) is 0 Å². The second-order valence-corrected chi connectivity index (χ2v) is 4.44. The van der Waals surface area contributed by atoms with E-state index in [0.29, 0.717) is 17.7 Å². The first kappa shape index (κ1) is 11.7. The van der Waals surface area contributed by atoms with Crippen LogP contribution >= 0.6 is 0 Å². The quantitative estimate of drug-likeness (QED) is 0.784. The summed E-state index contributed by atoms with van der Waals surface area (Å²) in [4.78, 5) is 17.6. The summed E-state index contributed by atoms with van der Waals surface area (Å²) in [7, 11) is 0. The number of benzene rings is 2. The summed E-state index contributed by atoms with van der Waals surface area (Å²) in [6, 6.07) is 19.0. The van der Waals surface area contributed by atoms with E-state index in [-0.39, 0.29) is 11.9 Å². The van der Waals surface area contributed by atoms with Crippen molar-refractivity contribution in [2.45, 2.75) is 12.5 Å². The fraction of sp³-hybridized carbons (Fsp3) is 0.125. The number of Topliss-reactive ketones (excluding diaryl/α,β-unsaturated/α-hetero) is 1. The van der Waals surface area contributed by atoms with E-state index in [1.165, 1.54) is 0 Å². The first-order valence-electron chi connectivity index (χ1n) is 6.22. The van der Waals surface area contributed by atoms with Crippen molar-refractivity contribution in [2.24, 2.45) is 5.16 Å². The standard InChI is InChI=1S/C16H13NO2/c18-16(13-9-5-2-6-10-13)14-11-15(19-17-14)12-7-3-1-4-8-12/h1-10,15H,11H2. The number of nitrogens with zero attached hydrogens (tertiary/aromatic N) is 1. The van der Waals surface area contributed by atoms with E-state index >= 15 is 0 Å². The van der Waals surface area contributed by atoms with Crippen LogP contribution in [0.15, 0.2) is 65.8 Å². The highest BCUT2D eigenvalue weighted by atomic mass is 16.6. The van der Waals surface area contributed by atoms with Crippen LogP contribution in [0, 0.1) is 0 Å². The minimum atomic E-state index is -0.149. The molecular formula is C16H13NO2. The first-order chi connectivity index (χ1) is 9.34. The van der Waals surface area contributed by atoms with Gasteiger partial charge < -0.3 is 4.84 Å². The molecule has 0 spiro atoms. The Morgan fingerprint density at radius 3 is 2.32 bits per heavy atom. The zero-order valence-electron chi connectivity index (χ0n) is 10.3. The average Bonchev–Trinajstić information content (AvgIpc) is 2.98. The molecule has 19 heavy (non-hydrogen) atoms. The van der Waals surface area contributed by atoms with Crippen LogP contribution in [0.25, 0.3) is 0 Å². The van der Waals surface area contributed by atoms with E-state index in [2.05, 4.69) is 5.16 Å². The molecule has 1 aliphatic heterocycles. The highest BCUT2D eigenvalue weighted by molar-refractivity contribution is 6.46. The van der Waals surface area contributed by atoms with Gasteiger partial charge in [-0.25, -0.2) is 0 Å². The van der Waals surface area contributed by atoms with Crippen molar-refractivity contribution in [3.63, 3.8) is 0 Å². The van der Waals surface area contributed by atoms with Crippen molar-refractivity contribution >= 4 is 11.5 Å². The number of rotatable bonds is 3. The third kappa shape index (κ3) is 2.40. The molecule has 0 saturated heterocycles. The summed E-state index contributed by atoms with van der Waals surface area (Å²) in [5.74, 6) is -0.0565. The van der Waals surface area contributed by atoms with Crippen molar-refractivity contribution in [1.82, 2.24) is 0 Å². The van der Waals surface area contributed by atoms with Crippen molar-refractivity contribution in [1.29, 1.82) is 0 Å². The molecule has 1 heterocycles. The van der Waals surface area contributed by atoms with Gasteiger partial charge in [0.05, 0.1) is 0 Å². The predicted octanol–water partition coefficient (Wildman–Crippen LogP) is 3.39. The summed E-state index contributed by atoms with van der Waals surface area (Å²) in [5, 5.41) is 3.94. The number of carbonyl (C=O) groups excluding carboxylic acids is 1. The minimum absolute atomic E-state index is 0.0565. The molecule has 0 radical (unpaired) electrons. The topological polar surface area (TPSA) is 38.7 Å². The lowest BCUT2D eigenvalue weighted by Gasteiger charge is -2.07. The van der Waals surface area contributed by atoms with Crippen LogP contribution in [0.2, 0.25) is 0 Å². The normalized spacial score (nSPS) is 17.7. The van der Waals surface area contributed by atoms with Crippen LogP contribution in [-0.2, 0) is 4.84 Å². The molecule has 0 N–H and O–H groups in total. The Morgan fingerprint density at radius 1 is 1.00 bits per heavy atom. The number of oxime groups is 1. The van der Waals surface area contributed by atoms with E-state index in [1.54, 1.807) is 12.1 Å². The molecular weight excluding hydrogens is 238 g/mol. The molecule has 3 heteroatoms. The van der Waals surface area contributed by atoms with Gasteiger partial charge >= 0.3 is 0 Å². The molecule has 3 nitrogen and oxygen atoms in total. The van der Waals surface area contributed by atoms with Gasteiger partial charge in [0.2, 0.25) is 5.78 Å². The number of carbonyl (C=O) groups is 1. The Bertz CT molecular complexity index is 605. The summed E-state index contributed by atoms with van der Waals surface area (Å²) in [6.07, 6.45) is 0.376. The van der Waals surface area contributed by atoms with Gasteiger partial charge in [0.1, 0.15) is 5.71 Å². The molecule has 2 aromatic carbocycles. The molecule has 0 aromatic heterocycles. The number of hydrogen-bond donors (Lipinski definition) is 0. The Hall–Kier alpha value is -2.42. The number of ketones is 1. The van der Waals surface area contributed by atoms with Gasteiger partial charge in [0.25, 0.3) is 0 Å². The van der Waals surface area contributed by atoms with Gasteiger partial charge in [-0.2, -0.15) is 0 Å². The Labute approximate surface area is 111 Å². The summed E-state index contributed by atoms with van der Waals surface area (Å²) in [6.45, 7) is 0. The fourth-order valence-corrected chi connectivity index (χ4v) is 2.11. The van der Waals surface area contributed by atoms with Gasteiger partial charge in [-0.3, -0.25) is 4.79 Å². The third-order valence-corrected chi connectivity index (χ3v) is 3.14. The van der Waals surface area contributed by atoms with Crippen LogP contribution < -0.4 is 0 Å². The molecule has 0 fully saturated rings. The highest BCUT2D eigenvalue weighted by Crippen LogP contribution is 2.27. The third-order valence-electron chi connectivity index (χ3n) is 3.14. The van der Waals surface area contributed by atoms with Gasteiger partial charge in [0, 0.05) is 12.0 Å². The summed E-state index contributed by atoms with van der Waals surface area (Å²) in [5.41, 5.74) is 2.18. The van der Waals surface area contributed by atoms with E-state index < -0.39 is 0 Å². The highest BCUT2D eigenvalue weighted by Gasteiger charge is 2.27. The lowest BCUT2D eigenvalue weighted by molar-refractivity contribution is 0.0856. The summed E-state index contributed by atoms with van der Waals surface area (Å²) < 4.78 is 0. The maximum absolute atomic E-state index is 12.2. The Kier molecular flexibility index (Phi) is 3.11. The van der Waals surface area contributed by atoms with Crippen molar-refractivity contribution in [3.05, 3.63) is 71.8 Å². The molecule has 3 rings (SSSR count). The van der Waals surface area contributed by atoms with E-state index in [0.717, 1.165) is 5.56 Å². The molecule has 0 amide bonds. The maximum atomic E-state index is 12.2. The Balaban J connectivity index is 1.74. The van der Waals surface area contributed by atoms with Gasteiger partial charge in [-0.05, 0) is 5.56 Å². The molecule has 94 valence electrons. The van der Waals surface area contributed by atoms with Crippen LogP contribution in [0.4, 0.5) is 0 Å². The van der Waals surface area contributed by atoms with E-state index in [9.17, 15) is 4.79 Å². The maximum Gasteiger partial charge on any atom is 0.210 e. The molecule has 2 aromatic rings. The second-order valence-electron chi connectivity index (χ2n) is 4.44. The molecule has 1 aliphatic rings. The van der Waals surface area contributed by atoms with Crippen molar-refractivity contribution < 1.29 is 9.63 Å². The monoisotopic (exact) mass is 251 g/mol. The molecule has 0 saturated carbocycles. The zero-order chi connectivity index (χ0) is 13.1. The lowest BCUT2D eigenvalue weighted by atomic mass is 9.99. The first-order valence-corrected chi connectivity index (χ1v) is 6.22. The smallest absolute Gasteiger partial charge is 0.210 e. The van der Waals surface area contributed by atoms with Crippen LogP contribution in [0.3, 0.4) is 0 Å². The zero-order valence-corrected chi connectivity index (χ0v) is 10.3. The molecule has 1 atom stereocenters. The molecule has 1 unspecified atom stereocenters. The minimum Gasteiger partial charge on any atom is -0.387 e. The van der Waals surface area contributed by atoms with Crippen molar-refractivity contribution in [2.75, 3.05) is 0 Å². The van der Waals surface area contributed by atoms with Gasteiger partial charge in [-0.1, -0.05) is 65.8 Å². The molecule has 0 aliphatic carbocycles. The van der Waals surface area contributed by atoms with Gasteiger partial charge in [0.15, 0.2) is 6.10 Å². The molecule has 0 bridgehead atoms. The van der Waals surface area contributed by atoms with Crippen LogP contribution in [-0.4, -0.2) is 11.5 Å². The van der Waals surface area contributed by atoms with E-state index in [4.69, 9.17) is 4.84 Å². The Morgan fingerprint density at radius 2 is 1.63 bits per heavy atom.